The summed E-state index contributed by atoms with van der Waals surface area (Å²) in [6.07, 6.45) is 1.77. The Morgan fingerprint density at radius 3 is 2.84 bits per heavy atom. The standard InChI is InChI=1S/C13H13FN2O3/c1-7(17)16-12(13(18)19)4-8-6-15-11-5-9(14)2-3-10(8)11/h2-3,5-6,12,15H,4H2,1H3,(H,16,17)(H,18,19). The van der Waals surface area contributed by atoms with Gasteiger partial charge in [0.05, 0.1) is 0 Å². The van der Waals surface area contributed by atoms with Crippen molar-refractivity contribution in [3.63, 3.8) is 0 Å². The van der Waals surface area contributed by atoms with Gasteiger partial charge in [0, 0.05) is 30.4 Å². The van der Waals surface area contributed by atoms with E-state index < -0.39 is 17.9 Å². The number of nitrogens with one attached hydrogen (secondary N) is 2. The maximum Gasteiger partial charge on any atom is 0.326 e. The van der Waals surface area contributed by atoms with E-state index >= 15 is 0 Å². The van der Waals surface area contributed by atoms with Crippen LogP contribution in [0.25, 0.3) is 10.9 Å². The Balaban J connectivity index is 2.28. The number of hydrogen-bond acceptors (Lipinski definition) is 2. The van der Waals surface area contributed by atoms with Gasteiger partial charge in [-0.2, -0.15) is 0 Å². The van der Waals surface area contributed by atoms with Crippen molar-refractivity contribution in [3.8, 4) is 0 Å². The monoisotopic (exact) mass is 264 g/mol. The van der Waals surface area contributed by atoms with Crippen LogP contribution in [0.1, 0.15) is 12.5 Å². The molecule has 0 aliphatic heterocycles. The van der Waals surface area contributed by atoms with Crippen molar-refractivity contribution in [2.24, 2.45) is 0 Å². The van der Waals surface area contributed by atoms with E-state index in [1.54, 1.807) is 12.3 Å². The lowest BCUT2D eigenvalue weighted by molar-refractivity contribution is -0.141. The topological polar surface area (TPSA) is 82.2 Å². The van der Waals surface area contributed by atoms with E-state index in [0.29, 0.717) is 5.52 Å². The van der Waals surface area contributed by atoms with Crippen LogP contribution in [0.2, 0.25) is 0 Å². The molecular weight excluding hydrogens is 251 g/mol. The highest BCUT2D eigenvalue weighted by molar-refractivity contribution is 5.86. The zero-order valence-corrected chi connectivity index (χ0v) is 10.2. The number of amides is 1. The average Bonchev–Trinajstić information content (AvgIpc) is 2.70. The first kappa shape index (κ1) is 13.1. The van der Waals surface area contributed by atoms with Crippen LogP contribution in [0.15, 0.2) is 24.4 Å². The maximum atomic E-state index is 13.0. The quantitative estimate of drug-likeness (QED) is 0.781. The van der Waals surface area contributed by atoms with Crippen LogP contribution in [0.5, 0.6) is 0 Å². The molecule has 6 heteroatoms. The van der Waals surface area contributed by atoms with E-state index in [4.69, 9.17) is 5.11 Å². The second-order valence-corrected chi connectivity index (χ2v) is 4.30. The van der Waals surface area contributed by atoms with Crippen LogP contribution in [0, 0.1) is 5.82 Å². The first-order valence-corrected chi connectivity index (χ1v) is 5.73. The molecule has 2 rings (SSSR count). The van der Waals surface area contributed by atoms with E-state index in [9.17, 15) is 14.0 Å². The molecule has 3 N–H and O–H groups in total. The van der Waals surface area contributed by atoms with Gasteiger partial charge in [0.1, 0.15) is 11.9 Å². The van der Waals surface area contributed by atoms with E-state index in [0.717, 1.165) is 10.9 Å². The van der Waals surface area contributed by atoms with E-state index in [1.165, 1.54) is 19.1 Å². The third-order valence-electron chi connectivity index (χ3n) is 2.83. The Morgan fingerprint density at radius 2 is 2.21 bits per heavy atom. The van der Waals surface area contributed by atoms with Crippen molar-refractivity contribution in [3.05, 3.63) is 35.8 Å². The summed E-state index contributed by atoms with van der Waals surface area (Å²) in [5, 5.41) is 12.2. The predicted molar refractivity (Wildman–Crippen MR) is 67.2 cm³/mol. The van der Waals surface area contributed by atoms with E-state index in [-0.39, 0.29) is 12.2 Å². The summed E-state index contributed by atoms with van der Waals surface area (Å²) in [4.78, 5) is 24.9. The normalized spacial score (nSPS) is 12.3. The highest BCUT2D eigenvalue weighted by Crippen LogP contribution is 2.20. The molecule has 0 aliphatic carbocycles. The van der Waals surface area contributed by atoms with Gasteiger partial charge in [0.25, 0.3) is 0 Å². The number of carboxylic acid groups (broad SMARTS) is 1. The summed E-state index contributed by atoms with van der Waals surface area (Å²) in [5.41, 5.74) is 1.32. The fourth-order valence-electron chi connectivity index (χ4n) is 1.99. The molecule has 0 saturated carbocycles. The fraction of sp³-hybridized carbons (Fsp3) is 0.231. The zero-order valence-electron chi connectivity index (χ0n) is 10.2. The zero-order chi connectivity index (χ0) is 14.0. The summed E-state index contributed by atoms with van der Waals surface area (Å²) >= 11 is 0. The fourth-order valence-corrected chi connectivity index (χ4v) is 1.99. The molecule has 2 aromatic rings. The largest absolute Gasteiger partial charge is 0.480 e. The Morgan fingerprint density at radius 1 is 1.47 bits per heavy atom. The number of carboxylic acids is 1. The van der Waals surface area contributed by atoms with Crippen LogP contribution in [-0.4, -0.2) is 28.0 Å². The lowest BCUT2D eigenvalue weighted by atomic mass is 10.0. The number of hydrogen-bond donors (Lipinski definition) is 3. The van der Waals surface area contributed by atoms with Gasteiger partial charge in [-0.3, -0.25) is 4.79 Å². The van der Waals surface area contributed by atoms with Crippen molar-refractivity contribution in [2.75, 3.05) is 0 Å². The summed E-state index contributed by atoms with van der Waals surface area (Å²) in [5.74, 6) is -1.87. The minimum Gasteiger partial charge on any atom is -0.480 e. The van der Waals surface area contributed by atoms with Crippen LogP contribution in [0.4, 0.5) is 4.39 Å². The van der Waals surface area contributed by atoms with Gasteiger partial charge in [0.15, 0.2) is 0 Å². The second kappa shape index (κ2) is 5.09. The van der Waals surface area contributed by atoms with E-state index in [2.05, 4.69) is 10.3 Å². The number of carbonyl (C=O) groups excluding carboxylic acids is 1. The van der Waals surface area contributed by atoms with Crippen molar-refractivity contribution in [1.29, 1.82) is 0 Å². The predicted octanol–water partition coefficient (Wildman–Crippen LogP) is 1.44. The first-order chi connectivity index (χ1) is 8.97. The van der Waals surface area contributed by atoms with Crippen LogP contribution in [0.3, 0.4) is 0 Å². The summed E-state index contributed by atoms with van der Waals surface area (Å²) in [6, 6.07) is 3.24. The molecule has 1 amide bonds. The Kier molecular flexibility index (Phi) is 3.50. The van der Waals surface area contributed by atoms with E-state index in [1.807, 2.05) is 0 Å². The van der Waals surface area contributed by atoms with Crippen LogP contribution >= 0.6 is 0 Å². The Bertz CT molecular complexity index is 636. The van der Waals surface area contributed by atoms with Crippen molar-refractivity contribution >= 4 is 22.8 Å². The smallest absolute Gasteiger partial charge is 0.326 e. The molecule has 1 atom stereocenters. The molecule has 0 saturated heterocycles. The van der Waals surface area contributed by atoms with Crippen LogP contribution in [-0.2, 0) is 16.0 Å². The van der Waals surface area contributed by atoms with Gasteiger partial charge in [0.2, 0.25) is 5.91 Å². The molecular formula is C13H13FN2O3. The summed E-state index contributed by atoms with van der Waals surface area (Å²) < 4.78 is 13.0. The number of fused-ring (bicyclic) bond motifs is 1. The molecule has 1 aromatic heterocycles. The SMILES string of the molecule is CC(=O)NC(Cc1c[nH]c2cc(F)ccc12)C(=O)O. The molecule has 0 fully saturated rings. The number of aromatic nitrogens is 1. The highest BCUT2D eigenvalue weighted by atomic mass is 19.1. The van der Waals surface area contributed by atoms with Gasteiger partial charge < -0.3 is 15.4 Å². The van der Waals surface area contributed by atoms with Crippen molar-refractivity contribution in [1.82, 2.24) is 10.3 Å². The van der Waals surface area contributed by atoms with Gasteiger partial charge in [-0.25, -0.2) is 9.18 Å². The summed E-state index contributed by atoms with van der Waals surface area (Å²) in [7, 11) is 0. The van der Waals surface area contributed by atoms with Gasteiger partial charge in [-0.05, 0) is 23.8 Å². The highest BCUT2D eigenvalue weighted by Gasteiger charge is 2.20. The second-order valence-electron chi connectivity index (χ2n) is 4.30. The lowest BCUT2D eigenvalue weighted by Gasteiger charge is -2.12. The maximum absolute atomic E-state index is 13.0. The number of benzene rings is 1. The minimum atomic E-state index is -1.10. The third kappa shape index (κ3) is 2.90. The molecule has 1 unspecified atom stereocenters. The molecule has 5 nitrogen and oxygen atoms in total. The Hall–Kier alpha value is -2.37. The summed E-state index contributed by atoms with van der Waals surface area (Å²) in [6.45, 7) is 1.26. The number of halogens is 1. The lowest BCUT2D eigenvalue weighted by Crippen LogP contribution is -2.41. The molecule has 1 aromatic carbocycles. The number of aromatic amines is 1. The van der Waals surface area contributed by atoms with Gasteiger partial charge in [-0.15, -0.1) is 0 Å². The molecule has 1 heterocycles. The minimum absolute atomic E-state index is 0.139. The average molecular weight is 264 g/mol. The third-order valence-corrected chi connectivity index (χ3v) is 2.83. The molecule has 0 bridgehead atoms. The Labute approximate surface area is 108 Å². The van der Waals surface area contributed by atoms with Crippen molar-refractivity contribution < 1.29 is 19.1 Å². The number of carbonyl (C=O) groups is 2. The molecule has 0 aliphatic rings. The van der Waals surface area contributed by atoms with Gasteiger partial charge >= 0.3 is 5.97 Å². The van der Waals surface area contributed by atoms with Gasteiger partial charge in [-0.1, -0.05) is 0 Å². The first-order valence-electron chi connectivity index (χ1n) is 5.73. The van der Waals surface area contributed by atoms with Crippen LogP contribution < -0.4 is 5.32 Å². The number of aliphatic carboxylic acids is 1. The van der Waals surface area contributed by atoms with Crippen molar-refractivity contribution in [2.45, 2.75) is 19.4 Å². The molecule has 0 spiro atoms. The number of rotatable bonds is 4. The number of H-pyrrole nitrogens is 1. The molecule has 100 valence electrons. The molecule has 0 radical (unpaired) electrons. The molecule has 19 heavy (non-hydrogen) atoms.